The van der Waals surface area contributed by atoms with Crippen LogP contribution in [0.2, 0.25) is 0 Å². The van der Waals surface area contributed by atoms with Crippen LogP contribution in [0.5, 0.6) is 5.75 Å². The lowest BCUT2D eigenvalue weighted by Crippen LogP contribution is -2.16. The molecule has 136 valence electrons. The quantitative estimate of drug-likeness (QED) is 0.730. The van der Waals surface area contributed by atoms with Gasteiger partial charge in [0.1, 0.15) is 16.5 Å². The molecular weight excluding hydrogens is 373 g/mol. The molecule has 0 aromatic heterocycles. The number of nitrogens with two attached hydrogens (primary N) is 1. The van der Waals surface area contributed by atoms with Crippen LogP contribution < -0.4 is 9.88 Å². The Bertz CT molecular complexity index is 952. The second kappa shape index (κ2) is 7.08. The topological polar surface area (TPSA) is 124 Å². The number of hydrogen-bond donors (Lipinski definition) is 2. The lowest BCUT2D eigenvalue weighted by atomic mass is 10.0. The molecule has 0 aliphatic rings. The first-order valence-corrected chi connectivity index (χ1v) is 10.1. The number of halogens is 1. The van der Waals surface area contributed by atoms with Gasteiger partial charge in [-0.05, 0) is 30.7 Å². The Labute approximate surface area is 145 Å². The van der Waals surface area contributed by atoms with Crippen LogP contribution in [0.4, 0.5) is 4.39 Å². The van der Waals surface area contributed by atoms with Crippen molar-refractivity contribution in [2.75, 3.05) is 6.61 Å². The Morgan fingerprint density at radius 1 is 1.04 bits per heavy atom. The van der Waals surface area contributed by atoms with Gasteiger partial charge in [-0.2, -0.15) is 8.42 Å². The van der Waals surface area contributed by atoms with Gasteiger partial charge < -0.3 is 4.74 Å². The standard InChI is InChI=1S/C15H16FNO6S2/c1-2-9-23-11-6-3-5-10(16)14(11)15-12(24(17,18)19)7-4-8-13(15)25(20,21)22/h3-8H,2,9H2,1H3,(H2,17,18,19)(H,20,21,22). The highest BCUT2D eigenvalue weighted by molar-refractivity contribution is 7.89. The lowest BCUT2D eigenvalue weighted by Gasteiger charge is -2.16. The fourth-order valence-corrected chi connectivity index (χ4v) is 3.84. The maximum absolute atomic E-state index is 14.5. The molecule has 25 heavy (non-hydrogen) atoms. The first-order chi connectivity index (χ1) is 11.6. The smallest absolute Gasteiger partial charge is 0.295 e. The molecule has 0 fully saturated rings. The van der Waals surface area contributed by atoms with E-state index in [9.17, 15) is 25.8 Å². The highest BCUT2D eigenvalue weighted by atomic mass is 32.2. The third-order valence-electron chi connectivity index (χ3n) is 3.26. The number of rotatable bonds is 6. The van der Waals surface area contributed by atoms with Gasteiger partial charge in [-0.25, -0.2) is 17.9 Å². The molecule has 0 amide bonds. The van der Waals surface area contributed by atoms with Gasteiger partial charge in [0, 0.05) is 5.56 Å². The summed E-state index contributed by atoms with van der Waals surface area (Å²) < 4.78 is 76.5. The molecule has 0 radical (unpaired) electrons. The summed E-state index contributed by atoms with van der Waals surface area (Å²) in [7, 11) is -9.28. The van der Waals surface area contributed by atoms with Crippen LogP contribution >= 0.6 is 0 Å². The zero-order valence-corrected chi connectivity index (χ0v) is 14.8. The minimum absolute atomic E-state index is 0.0668. The van der Waals surface area contributed by atoms with E-state index in [1.165, 1.54) is 12.1 Å². The van der Waals surface area contributed by atoms with E-state index in [1.807, 2.05) is 0 Å². The van der Waals surface area contributed by atoms with Gasteiger partial charge in [-0.3, -0.25) is 4.55 Å². The number of sulfonamides is 1. The highest BCUT2D eigenvalue weighted by Crippen LogP contribution is 2.40. The molecule has 0 saturated carbocycles. The third-order valence-corrected chi connectivity index (χ3v) is 5.11. The van der Waals surface area contributed by atoms with Gasteiger partial charge in [0.2, 0.25) is 10.0 Å². The molecule has 0 saturated heterocycles. The van der Waals surface area contributed by atoms with Crippen molar-refractivity contribution in [3.05, 3.63) is 42.2 Å². The molecule has 0 unspecified atom stereocenters. The monoisotopic (exact) mass is 389 g/mol. The Morgan fingerprint density at radius 2 is 1.64 bits per heavy atom. The first kappa shape index (κ1) is 19.3. The third kappa shape index (κ3) is 4.15. The number of hydrogen-bond acceptors (Lipinski definition) is 5. The predicted octanol–water partition coefficient (Wildman–Crippen LogP) is 2.18. The average molecular weight is 389 g/mol. The zero-order chi connectivity index (χ0) is 18.8. The fraction of sp³-hybridized carbons (Fsp3) is 0.200. The molecule has 0 heterocycles. The Kier molecular flexibility index (Phi) is 5.47. The SMILES string of the molecule is CCCOc1cccc(F)c1-c1c(S(N)(=O)=O)cccc1S(=O)(=O)O. The number of ether oxygens (including phenoxy) is 1. The molecule has 7 nitrogen and oxygen atoms in total. The van der Waals surface area contributed by atoms with Gasteiger partial charge in [0.25, 0.3) is 10.1 Å². The summed E-state index contributed by atoms with van der Waals surface area (Å²) in [5.41, 5.74) is -0.982. The van der Waals surface area contributed by atoms with Crippen LogP contribution in [-0.4, -0.2) is 28.0 Å². The maximum Gasteiger partial charge on any atom is 0.295 e. The summed E-state index contributed by atoms with van der Waals surface area (Å²) >= 11 is 0. The van der Waals surface area contributed by atoms with E-state index >= 15 is 0 Å². The maximum atomic E-state index is 14.5. The fourth-order valence-electron chi connectivity index (χ4n) is 2.29. The minimum Gasteiger partial charge on any atom is -0.493 e. The molecule has 0 aliphatic heterocycles. The van der Waals surface area contributed by atoms with Crippen LogP contribution in [0.1, 0.15) is 13.3 Å². The molecular formula is C15H16FNO6S2. The van der Waals surface area contributed by atoms with E-state index < -0.39 is 46.9 Å². The normalized spacial score (nSPS) is 12.2. The van der Waals surface area contributed by atoms with Crippen molar-refractivity contribution < 1.29 is 30.5 Å². The second-order valence-corrected chi connectivity index (χ2v) is 8.03. The molecule has 10 heteroatoms. The van der Waals surface area contributed by atoms with Gasteiger partial charge in [-0.1, -0.05) is 19.1 Å². The average Bonchev–Trinajstić information content (AvgIpc) is 2.50. The van der Waals surface area contributed by atoms with Crippen LogP contribution in [0.15, 0.2) is 46.2 Å². The van der Waals surface area contributed by atoms with E-state index in [-0.39, 0.29) is 12.4 Å². The van der Waals surface area contributed by atoms with E-state index in [1.54, 1.807) is 6.92 Å². The van der Waals surface area contributed by atoms with Gasteiger partial charge in [-0.15, -0.1) is 0 Å². The molecule has 0 bridgehead atoms. The predicted molar refractivity (Wildman–Crippen MR) is 88.8 cm³/mol. The van der Waals surface area contributed by atoms with Crippen molar-refractivity contribution in [3.8, 4) is 16.9 Å². The van der Waals surface area contributed by atoms with Crippen molar-refractivity contribution >= 4 is 20.1 Å². The van der Waals surface area contributed by atoms with Crippen LogP contribution in [0.25, 0.3) is 11.1 Å². The minimum atomic E-state index is -4.86. The highest BCUT2D eigenvalue weighted by Gasteiger charge is 2.28. The largest absolute Gasteiger partial charge is 0.493 e. The summed E-state index contributed by atoms with van der Waals surface area (Å²) in [6.45, 7) is 2.00. The molecule has 2 rings (SSSR count). The van der Waals surface area contributed by atoms with E-state index in [0.29, 0.717) is 6.42 Å². The summed E-state index contributed by atoms with van der Waals surface area (Å²) in [6, 6.07) is 6.77. The van der Waals surface area contributed by atoms with Crippen molar-refractivity contribution in [2.45, 2.75) is 23.1 Å². The summed E-state index contributed by atoms with van der Waals surface area (Å²) in [5.74, 6) is -0.988. The van der Waals surface area contributed by atoms with Gasteiger partial charge in [0.15, 0.2) is 0 Å². The van der Waals surface area contributed by atoms with Crippen molar-refractivity contribution in [1.29, 1.82) is 0 Å². The molecule has 0 aliphatic carbocycles. The van der Waals surface area contributed by atoms with E-state index in [0.717, 1.165) is 24.3 Å². The molecule has 3 N–H and O–H groups in total. The van der Waals surface area contributed by atoms with Gasteiger partial charge >= 0.3 is 0 Å². The number of benzene rings is 2. The first-order valence-electron chi connectivity index (χ1n) is 7.12. The molecule has 2 aromatic carbocycles. The van der Waals surface area contributed by atoms with Crippen LogP contribution in [0, 0.1) is 5.82 Å². The van der Waals surface area contributed by atoms with Crippen molar-refractivity contribution in [3.63, 3.8) is 0 Å². The molecule has 0 spiro atoms. The zero-order valence-electron chi connectivity index (χ0n) is 13.1. The number of primary sulfonamides is 1. The second-order valence-electron chi connectivity index (χ2n) is 5.11. The van der Waals surface area contributed by atoms with E-state index in [2.05, 4.69) is 0 Å². The lowest BCUT2D eigenvalue weighted by molar-refractivity contribution is 0.317. The Hall–Kier alpha value is -2.01. The van der Waals surface area contributed by atoms with E-state index in [4.69, 9.17) is 9.88 Å². The summed E-state index contributed by atoms with van der Waals surface area (Å²) in [5, 5.41) is 5.14. The molecule has 0 atom stereocenters. The summed E-state index contributed by atoms with van der Waals surface area (Å²) in [4.78, 5) is -1.43. The Morgan fingerprint density at radius 3 is 2.20 bits per heavy atom. The van der Waals surface area contributed by atoms with Gasteiger partial charge in [0.05, 0.1) is 17.1 Å². The van der Waals surface area contributed by atoms with Crippen LogP contribution in [0.3, 0.4) is 0 Å². The summed E-state index contributed by atoms with van der Waals surface area (Å²) in [6.07, 6.45) is 0.581. The Balaban J connectivity index is 2.97. The molecule has 2 aromatic rings. The van der Waals surface area contributed by atoms with Crippen molar-refractivity contribution in [1.82, 2.24) is 0 Å². The van der Waals surface area contributed by atoms with Crippen molar-refractivity contribution in [2.24, 2.45) is 5.14 Å². The van der Waals surface area contributed by atoms with Crippen LogP contribution in [-0.2, 0) is 20.1 Å².